The molecular formula is C14H14ClNO2S. The fourth-order valence-corrected chi connectivity index (χ4v) is 2.60. The third-order valence-electron chi connectivity index (χ3n) is 2.48. The van der Waals surface area contributed by atoms with Crippen molar-refractivity contribution >= 4 is 34.6 Å². The summed E-state index contributed by atoms with van der Waals surface area (Å²) in [6.07, 6.45) is 0.936. The Labute approximate surface area is 121 Å². The first-order chi connectivity index (χ1) is 9.16. The van der Waals surface area contributed by atoms with Crippen LogP contribution in [0.2, 0.25) is 5.02 Å². The van der Waals surface area contributed by atoms with Crippen LogP contribution in [0.25, 0.3) is 0 Å². The van der Waals surface area contributed by atoms with Gasteiger partial charge in [0.15, 0.2) is 5.75 Å². The zero-order chi connectivity index (χ0) is 13.7. The lowest BCUT2D eigenvalue weighted by atomic mass is 10.2. The lowest BCUT2D eigenvalue weighted by Gasteiger charge is -2.10. The predicted molar refractivity (Wildman–Crippen MR) is 79.3 cm³/mol. The van der Waals surface area contributed by atoms with Gasteiger partial charge in [0, 0.05) is 18.3 Å². The van der Waals surface area contributed by atoms with Gasteiger partial charge < -0.3 is 10.1 Å². The van der Waals surface area contributed by atoms with Crippen LogP contribution >= 0.6 is 22.9 Å². The van der Waals surface area contributed by atoms with Crippen LogP contribution in [0.1, 0.15) is 11.8 Å². The maximum absolute atomic E-state index is 10.9. The highest BCUT2D eigenvalue weighted by Gasteiger charge is 2.08. The van der Waals surface area contributed by atoms with Gasteiger partial charge in [0.2, 0.25) is 0 Å². The van der Waals surface area contributed by atoms with Crippen LogP contribution < -0.4 is 10.1 Å². The van der Waals surface area contributed by atoms with Gasteiger partial charge in [-0.3, -0.25) is 4.79 Å². The minimum atomic E-state index is -0.377. The summed E-state index contributed by atoms with van der Waals surface area (Å²) in [6, 6.07) is 9.48. The summed E-state index contributed by atoms with van der Waals surface area (Å²) in [6.45, 7) is 2.14. The molecule has 0 amide bonds. The molecule has 3 nitrogen and oxygen atoms in total. The van der Waals surface area contributed by atoms with E-state index in [1.54, 1.807) is 23.5 Å². The van der Waals surface area contributed by atoms with Crippen LogP contribution in [0.4, 0.5) is 5.69 Å². The quantitative estimate of drug-likeness (QED) is 0.670. The van der Waals surface area contributed by atoms with Crippen LogP contribution in [-0.4, -0.2) is 12.5 Å². The number of carbonyl (C=O) groups is 1. The normalized spacial score (nSPS) is 10.2. The maximum Gasteiger partial charge on any atom is 0.308 e. The highest BCUT2D eigenvalue weighted by molar-refractivity contribution is 7.09. The Morgan fingerprint density at radius 3 is 2.89 bits per heavy atom. The molecule has 100 valence electrons. The van der Waals surface area contributed by atoms with Gasteiger partial charge >= 0.3 is 5.97 Å². The molecule has 0 saturated heterocycles. The molecule has 19 heavy (non-hydrogen) atoms. The van der Waals surface area contributed by atoms with Crippen molar-refractivity contribution in [1.82, 2.24) is 0 Å². The molecule has 0 radical (unpaired) electrons. The molecule has 0 saturated carbocycles. The van der Waals surface area contributed by atoms with E-state index in [4.69, 9.17) is 16.3 Å². The average molecular weight is 296 g/mol. The summed E-state index contributed by atoms with van der Waals surface area (Å²) >= 11 is 7.91. The smallest absolute Gasteiger partial charge is 0.308 e. The van der Waals surface area contributed by atoms with Crippen molar-refractivity contribution < 1.29 is 9.53 Å². The summed E-state index contributed by atoms with van der Waals surface area (Å²) in [5, 5.41) is 5.74. The van der Waals surface area contributed by atoms with E-state index in [0.29, 0.717) is 10.8 Å². The number of anilines is 1. The molecule has 1 aromatic heterocycles. The monoisotopic (exact) mass is 295 g/mol. The van der Waals surface area contributed by atoms with Crippen molar-refractivity contribution in [1.29, 1.82) is 0 Å². The van der Waals surface area contributed by atoms with Crippen molar-refractivity contribution in [2.75, 3.05) is 11.9 Å². The highest BCUT2D eigenvalue weighted by atomic mass is 35.5. The molecule has 0 bridgehead atoms. The second kappa shape index (κ2) is 6.59. The molecule has 0 aliphatic rings. The fraction of sp³-hybridized carbons (Fsp3) is 0.214. The van der Waals surface area contributed by atoms with E-state index in [9.17, 15) is 4.79 Å². The first-order valence-corrected chi connectivity index (χ1v) is 7.16. The summed E-state index contributed by atoms with van der Waals surface area (Å²) in [7, 11) is 0. The first kappa shape index (κ1) is 13.9. The number of ether oxygens (including phenoxy) is 1. The molecule has 1 N–H and O–H groups in total. The largest absolute Gasteiger partial charge is 0.425 e. The molecule has 0 atom stereocenters. The minimum absolute atomic E-state index is 0.377. The summed E-state index contributed by atoms with van der Waals surface area (Å²) in [5.74, 6) is 0.00734. The van der Waals surface area contributed by atoms with Crippen molar-refractivity contribution in [3.05, 3.63) is 45.6 Å². The molecule has 2 aromatic rings. The van der Waals surface area contributed by atoms with Crippen LogP contribution in [0.3, 0.4) is 0 Å². The zero-order valence-electron chi connectivity index (χ0n) is 10.5. The maximum atomic E-state index is 10.9. The number of hydrogen-bond donors (Lipinski definition) is 1. The SMILES string of the molecule is CC(=O)Oc1cccc(NCCc2cccs2)c1Cl. The Hall–Kier alpha value is -1.52. The Bertz CT molecular complexity index is 555. The van der Waals surface area contributed by atoms with Crippen molar-refractivity contribution in [3.8, 4) is 5.75 Å². The van der Waals surface area contributed by atoms with Crippen molar-refractivity contribution in [3.63, 3.8) is 0 Å². The molecule has 2 rings (SSSR count). The fourth-order valence-electron chi connectivity index (χ4n) is 1.66. The third kappa shape index (κ3) is 3.98. The Balaban J connectivity index is 1.98. The topological polar surface area (TPSA) is 38.3 Å². The van der Waals surface area contributed by atoms with Gasteiger partial charge in [-0.15, -0.1) is 11.3 Å². The average Bonchev–Trinajstić information content (AvgIpc) is 2.86. The third-order valence-corrected chi connectivity index (χ3v) is 3.81. The summed E-state index contributed by atoms with van der Waals surface area (Å²) < 4.78 is 5.03. The number of carbonyl (C=O) groups excluding carboxylic acids is 1. The Morgan fingerprint density at radius 1 is 1.37 bits per heavy atom. The van der Waals surface area contributed by atoms with E-state index < -0.39 is 0 Å². The number of hydrogen-bond acceptors (Lipinski definition) is 4. The van der Waals surface area contributed by atoms with E-state index in [-0.39, 0.29) is 5.97 Å². The molecule has 0 aliphatic carbocycles. The lowest BCUT2D eigenvalue weighted by molar-refractivity contribution is -0.131. The molecule has 1 heterocycles. The van der Waals surface area contributed by atoms with Crippen LogP contribution in [0.5, 0.6) is 5.75 Å². The number of thiophene rings is 1. The predicted octanol–water partition coefficient (Wildman–Crippen LogP) is 3.98. The second-order valence-corrected chi connectivity index (χ2v) is 5.38. The van der Waals surface area contributed by atoms with Crippen molar-refractivity contribution in [2.24, 2.45) is 0 Å². The van der Waals surface area contributed by atoms with E-state index in [1.165, 1.54) is 11.8 Å². The van der Waals surface area contributed by atoms with Gasteiger partial charge in [0.25, 0.3) is 0 Å². The number of esters is 1. The van der Waals surface area contributed by atoms with Gasteiger partial charge in [-0.1, -0.05) is 23.7 Å². The molecule has 0 unspecified atom stereocenters. The van der Waals surface area contributed by atoms with Crippen LogP contribution in [0, 0.1) is 0 Å². The summed E-state index contributed by atoms with van der Waals surface area (Å²) in [4.78, 5) is 12.3. The second-order valence-electron chi connectivity index (χ2n) is 3.97. The molecule has 1 aromatic carbocycles. The number of benzene rings is 1. The Morgan fingerprint density at radius 2 is 2.21 bits per heavy atom. The highest BCUT2D eigenvalue weighted by Crippen LogP contribution is 2.32. The molecule has 5 heteroatoms. The number of nitrogens with one attached hydrogen (secondary N) is 1. The minimum Gasteiger partial charge on any atom is -0.425 e. The van der Waals surface area contributed by atoms with E-state index in [1.807, 2.05) is 12.1 Å². The molecule has 0 aliphatic heterocycles. The Kier molecular flexibility index (Phi) is 4.82. The number of halogens is 1. The number of rotatable bonds is 5. The summed E-state index contributed by atoms with van der Waals surface area (Å²) in [5.41, 5.74) is 0.775. The molecular weight excluding hydrogens is 282 g/mol. The zero-order valence-corrected chi connectivity index (χ0v) is 12.1. The standard InChI is InChI=1S/C14H14ClNO2S/c1-10(17)18-13-6-2-5-12(14(13)15)16-8-7-11-4-3-9-19-11/h2-6,9,16H,7-8H2,1H3. The van der Waals surface area contributed by atoms with Crippen LogP contribution in [-0.2, 0) is 11.2 Å². The lowest BCUT2D eigenvalue weighted by Crippen LogP contribution is -2.06. The van der Waals surface area contributed by atoms with Crippen molar-refractivity contribution in [2.45, 2.75) is 13.3 Å². The first-order valence-electron chi connectivity index (χ1n) is 5.90. The molecule has 0 spiro atoms. The van der Waals surface area contributed by atoms with E-state index in [2.05, 4.69) is 16.8 Å². The molecule has 0 fully saturated rings. The van der Waals surface area contributed by atoms with Gasteiger partial charge in [-0.2, -0.15) is 0 Å². The van der Waals surface area contributed by atoms with E-state index >= 15 is 0 Å². The van der Waals surface area contributed by atoms with Gasteiger partial charge in [0.1, 0.15) is 5.02 Å². The van der Waals surface area contributed by atoms with Crippen LogP contribution in [0.15, 0.2) is 35.7 Å². The van der Waals surface area contributed by atoms with Gasteiger partial charge in [-0.05, 0) is 30.0 Å². The van der Waals surface area contributed by atoms with Gasteiger partial charge in [0.05, 0.1) is 5.69 Å². The van der Waals surface area contributed by atoms with E-state index in [0.717, 1.165) is 18.7 Å². The van der Waals surface area contributed by atoms with Gasteiger partial charge in [-0.25, -0.2) is 0 Å².